The molecule has 2 aromatic rings. The summed E-state index contributed by atoms with van der Waals surface area (Å²) >= 11 is 0. The van der Waals surface area contributed by atoms with Crippen LogP contribution >= 0.6 is 0 Å². The lowest BCUT2D eigenvalue weighted by Crippen LogP contribution is -2.59. The van der Waals surface area contributed by atoms with Gasteiger partial charge in [0, 0.05) is 0 Å². The first-order valence-corrected chi connectivity index (χ1v) is 13.5. The number of aromatic nitrogens is 3. The first-order chi connectivity index (χ1) is 18.1. The molecule has 206 valence electrons. The lowest BCUT2D eigenvalue weighted by atomic mass is 9.62. The summed E-state index contributed by atoms with van der Waals surface area (Å²) in [6.45, 7) is 9.39. The average molecular weight is 528 g/mol. The number of carbonyl (C=O) groups is 3. The van der Waals surface area contributed by atoms with E-state index in [9.17, 15) is 19.5 Å². The van der Waals surface area contributed by atoms with Gasteiger partial charge < -0.3 is 24.8 Å². The summed E-state index contributed by atoms with van der Waals surface area (Å²) in [6, 6.07) is 5.79. The highest BCUT2D eigenvalue weighted by Crippen LogP contribution is 2.65. The standard InChI is InChI=1S/C27H37N5O6/c1-6-15(3)19(13-33)32-22(23(34)28-14-31-18-11-9-8-10-17(18)29-30-31)27-12-16(4)26(5,38-27)21(20(27)24(32)35)25(36)37-7-2/h8-11,15-16,19-22,33H,6-7,12-14H2,1-5H3,(H,28,34)/t15-,16?,19-,20-,21-,22?,26+,27?/m0/s1. The summed E-state index contributed by atoms with van der Waals surface area (Å²) in [5, 5.41) is 21.6. The topological polar surface area (TPSA) is 136 Å². The number of amides is 2. The normalized spacial score (nSPS) is 33.4. The minimum absolute atomic E-state index is 0.0415. The van der Waals surface area contributed by atoms with Crippen LogP contribution in [0, 0.1) is 23.7 Å². The first-order valence-electron chi connectivity index (χ1n) is 13.5. The summed E-state index contributed by atoms with van der Waals surface area (Å²) in [7, 11) is 0. The zero-order chi connectivity index (χ0) is 27.4. The largest absolute Gasteiger partial charge is 0.466 e. The fourth-order valence-electron chi connectivity index (χ4n) is 7.02. The lowest BCUT2D eigenvalue weighted by Gasteiger charge is -2.39. The molecule has 3 aliphatic heterocycles. The zero-order valence-corrected chi connectivity index (χ0v) is 22.6. The number of para-hydroxylation sites is 1. The number of hydrogen-bond acceptors (Lipinski definition) is 8. The number of benzene rings is 1. The second-order valence-electron chi connectivity index (χ2n) is 11.1. The number of aliphatic hydroxyl groups excluding tert-OH is 1. The van der Waals surface area contributed by atoms with Gasteiger partial charge in [0.1, 0.15) is 29.7 Å². The molecule has 2 N–H and O–H groups in total. The van der Waals surface area contributed by atoms with E-state index in [0.29, 0.717) is 18.4 Å². The van der Waals surface area contributed by atoms with E-state index in [4.69, 9.17) is 9.47 Å². The highest BCUT2D eigenvalue weighted by molar-refractivity contribution is 5.98. The van der Waals surface area contributed by atoms with E-state index in [1.807, 2.05) is 52.0 Å². The van der Waals surface area contributed by atoms with Gasteiger partial charge in [-0.3, -0.25) is 14.4 Å². The number of fused-ring (bicyclic) bond motifs is 2. The van der Waals surface area contributed by atoms with Crippen molar-refractivity contribution < 1.29 is 29.0 Å². The molecule has 3 unspecified atom stereocenters. The van der Waals surface area contributed by atoms with E-state index in [0.717, 1.165) is 5.52 Å². The fraction of sp³-hybridized carbons (Fsp3) is 0.667. The Morgan fingerprint density at radius 3 is 2.74 bits per heavy atom. The Bertz CT molecular complexity index is 1250. The van der Waals surface area contributed by atoms with Gasteiger partial charge >= 0.3 is 5.97 Å². The molecule has 3 fully saturated rings. The number of likely N-dealkylation sites (tertiary alicyclic amines) is 1. The molecule has 11 nitrogen and oxygen atoms in total. The summed E-state index contributed by atoms with van der Waals surface area (Å²) in [5.41, 5.74) is -0.688. The van der Waals surface area contributed by atoms with Crippen molar-refractivity contribution in [3.8, 4) is 0 Å². The molecule has 5 rings (SSSR count). The van der Waals surface area contributed by atoms with Gasteiger partial charge in [-0.1, -0.05) is 44.5 Å². The van der Waals surface area contributed by atoms with Crippen LogP contribution in [0.2, 0.25) is 0 Å². The number of nitrogens with zero attached hydrogens (tertiary/aromatic N) is 4. The maximum atomic E-state index is 14.2. The maximum Gasteiger partial charge on any atom is 0.312 e. The number of ether oxygens (including phenoxy) is 2. The predicted molar refractivity (Wildman–Crippen MR) is 136 cm³/mol. The third kappa shape index (κ3) is 3.65. The van der Waals surface area contributed by atoms with E-state index < -0.39 is 47.0 Å². The Morgan fingerprint density at radius 2 is 2.05 bits per heavy atom. The van der Waals surface area contributed by atoms with Crippen LogP contribution in [-0.2, 0) is 30.5 Å². The number of nitrogens with one attached hydrogen (secondary N) is 1. The Balaban J connectivity index is 1.54. The van der Waals surface area contributed by atoms with Crippen molar-refractivity contribution in [2.45, 2.75) is 77.4 Å². The van der Waals surface area contributed by atoms with Crippen LogP contribution < -0.4 is 5.32 Å². The quantitative estimate of drug-likeness (QED) is 0.468. The van der Waals surface area contributed by atoms with Crippen LogP contribution in [0.3, 0.4) is 0 Å². The zero-order valence-electron chi connectivity index (χ0n) is 22.6. The molecule has 38 heavy (non-hydrogen) atoms. The van der Waals surface area contributed by atoms with Gasteiger partial charge in [-0.25, -0.2) is 4.68 Å². The number of rotatable bonds is 9. The molecule has 1 spiro atoms. The highest BCUT2D eigenvalue weighted by atomic mass is 16.6. The third-order valence-corrected chi connectivity index (χ3v) is 9.21. The van der Waals surface area contributed by atoms with Gasteiger partial charge in [0.15, 0.2) is 0 Å². The van der Waals surface area contributed by atoms with Crippen LogP contribution in [0.25, 0.3) is 11.0 Å². The summed E-state index contributed by atoms with van der Waals surface area (Å²) in [4.78, 5) is 43.0. The van der Waals surface area contributed by atoms with E-state index in [1.165, 1.54) is 4.90 Å². The van der Waals surface area contributed by atoms with Crippen LogP contribution in [0.5, 0.6) is 0 Å². The maximum absolute atomic E-state index is 14.2. The molecular weight excluding hydrogens is 490 g/mol. The number of esters is 1. The Kier molecular flexibility index (Phi) is 6.71. The van der Waals surface area contributed by atoms with Gasteiger partial charge in [-0.05, 0) is 44.2 Å². The molecule has 1 aromatic carbocycles. The molecule has 11 heteroatoms. The van der Waals surface area contributed by atoms with Crippen molar-refractivity contribution in [3.63, 3.8) is 0 Å². The van der Waals surface area contributed by atoms with Gasteiger partial charge in [0.25, 0.3) is 0 Å². The van der Waals surface area contributed by atoms with Crippen molar-refractivity contribution in [2.75, 3.05) is 13.2 Å². The number of hydrogen-bond donors (Lipinski definition) is 2. The van der Waals surface area contributed by atoms with Crippen LogP contribution in [0.15, 0.2) is 24.3 Å². The van der Waals surface area contributed by atoms with E-state index in [1.54, 1.807) is 11.6 Å². The average Bonchev–Trinajstić information content (AvgIpc) is 3.57. The number of carbonyl (C=O) groups excluding carboxylic acids is 3. The van der Waals surface area contributed by atoms with Crippen molar-refractivity contribution in [1.82, 2.24) is 25.2 Å². The molecule has 8 atom stereocenters. The summed E-state index contributed by atoms with van der Waals surface area (Å²) in [6.07, 6.45) is 1.14. The van der Waals surface area contributed by atoms with Gasteiger partial charge in [0.05, 0.1) is 36.3 Å². The minimum Gasteiger partial charge on any atom is -0.466 e. The minimum atomic E-state index is -1.21. The van der Waals surface area contributed by atoms with E-state index in [2.05, 4.69) is 15.6 Å². The lowest BCUT2D eigenvalue weighted by molar-refractivity contribution is -0.162. The molecule has 0 radical (unpaired) electrons. The molecular formula is C27H37N5O6. The summed E-state index contributed by atoms with van der Waals surface area (Å²) < 4.78 is 13.7. The Hall–Kier alpha value is -3.05. The molecule has 3 saturated heterocycles. The van der Waals surface area contributed by atoms with E-state index >= 15 is 0 Å². The van der Waals surface area contributed by atoms with Crippen molar-refractivity contribution in [2.24, 2.45) is 23.7 Å². The second-order valence-corrected chi connectivity index (χ2v) is 11.1. The predicted octanol–water partition coefficient (Wildman–Crippen LogP) is 1.49. The molecule has 2 amide bonds. The van der Waals surface area contributed by atoms with Gasteiger partial charge in [-0.15, -0.1) is 5.10 Å². The molecule has 0 saturated carbocycles. The molecule has 0 aliphatic carbocycles. The highest BCUT2D eigenvalue weighted by Gasteiger charge is 2.80. The van der Waals surface area contributed by atoms with Crippen LogP contribution in [-0.4, -0.2) is 79.3 Å². The first kappa shape index (κ1) is 26.6. The van der Waals surface area contributed by atoms with Gasteiger partial charge in [-0.2, -0.15) is 0 Å². The number of aliphatic hydroxyl groups is 1. The van der Waals surface area contributed by atoms with Crippen molar-refractivity contribution in [1.29, 1.82) is 0 Å². The van der Waals surface area contributed by atoms with Crippen molar-refractivity contribution >= 4 is 28.8 Å². The fourth-order valence-corrected chi connectivity index (χ4v) is 7.02. The van der Waals surface area contributed by atoms with Crippen LogP contribution in [0.1, 0.15) is 47.5 Å². The Morgan fingerprint density at radius 1 is 1.32 bits per heavy atom. The third-order valence-electron chi connectivity index (χ3n) is 9.21. The summed E-state index contributed by atoms with van der Waals surface area (Å²) in [5.74, 6) is -3.13. The molecule has 1 aromatic heterocycles. The van der Waals surface area contributed by atoms with Crippen LogP contribution in [0.4, 0.5) is 0 Å². The smallest absolute Gasteiger partial charge is 0.312 e. The van der Waals surface area contributed by atoms with Gasteiger partial charge in [0.2, 0.25) is 11.8 Å². The van der Waals surface area contributed by atoms with Crippen molar-refractivity contribution in [3.05, 3.63) is 24.3 Å². The molecule has 2 bridgehead atoms. The SMILES string of the molecule is CCOC(=O)[C@@H]1[C@H]2C(=O)N([C@@H](CO)[C@@H](C)CC)C(C(=O)NCn3nnc4ccccc43)C23CC(C)[C@@]1(C)O3. The molecule has 4 heterocycles. The monoisotopic (exact) mass is 527 g/mol. The Labute approximate surface area is 221 Å². The second kappa shape index (κ2) is 9.60. The molecule has 3 aliphatic rings. The van der Waals surface area contributed by atoms with E-state index in [-0.39, 0.29) is 37.6 Å².